The van der Waals surface area contributed by atoms with Gasteiger partial charge in [0.25, 0.3) is 5.91 Å². The fourth-order valence-corrected chi connectivity index (χ4v) is 4.57. The smallest absolute Gasteiger partial charge is 0.251 e. The van der Waals surface area contributed by atoms with Crippen molar-refractivity contribution >= 4 is 32.6 Å². The Kier molecular flexibility index (Phi) is 5.51. The molecule has 0 spiro atoms. The maximum absolute atomic E-state index is 12.5. The summed E-state index contributed by atoms with van der Waals surface area (Å²) in [5, 5.41) is 4.08. The Morgan fingerprint density at radius 2 is 2.15 bits per heavy atom. The summed E-state index contributed by atoms with van der Waals surface area (Å²) < 4.78 is 6.47. The van der Waals surface area contributed by atoms with Crippen LogP contribution in [0.15, 0.2) is 29.8 Å². The SMILES string of the molecule is O=C(NCCC1=CCCCC1)c1ccc2nc(N3CCOCC3)sc2c1. The Bertz CT molecular complexity index is 808. The second-order valence-corrected chi connectivity index (χ2v) is 7.90. The van der Waals surface area contributed by atoms with Crippen molar-refractivity contribution in [1.29, 1.82) is 0 Å². The van der Waals surface area contributed by atoms with E-state index >= 15 is 0 Å². The standard InChI is InChI=1S/C20H25N3O2S/c24-19(21-9-8-15-4-2-1-3-5-15)16-6-7-17-18(14-16)26-20(22-17)23-10-12-25-13-11-23/h4,6-7,14H,1-3,5,8-13H2,(H,21,24). The van der Waals surface area contributed by atoms with Gasteiger partial charge in [0, 0.05) is 25.2 Å². The average molecular weight is 372 g/mol. The average Bonchev–Trinajstić information content (AvgIpc) is 3.13. The maximum atomic E-state index is 12.5. The molecule has 138 valence electrons. The van der Waals surface area contributed by atoms with Gasteiger partial charge in [0.15, 0.2) is 5.13 Å². The van der Waals surface area contributed by atoms with Gasteiger partial charge in [-0.05, 0) is 50.3 Å². The van der Waals surface area contributed by atoms with Crippen molar-refractivity contribution in [3.8, 4) is 0 Å². The molecule has 5 nitrogen and oxygen atoms in total. The van der Waals surface area contributed by atoms with E-state index in [1.807, 2.05) is 18.2 Å². The number of thiazole rings is 1. The summed E-state index contributed by atoms with van der Waals surface area (Å²) in [4.78, 5) is 19.4. The summed E-state index contributed by atoms with van der Waals surface area (Å²) in [6.45, 7) is 3.97. The van der Waals surface area contributed by atoms with E-state index in [0.717, 1.165) is 48.1 Å². The minimum atomic E-state index is 0.00429. The predicted octanol–water partition coefficient (Wildman–Crippen LogP) is 3.75. The van der Waals surface area contributed by atoms with Crippen LogP contribution < -0.4 is 10.2 Å². The number of amides is 1. The Labute approximate surface area is 158 Å². The number of aromatic nitrogens is 1. The summed E-state index contributed by atoms with van der Waals surface area (Å²) in [7, 11) is 0. The van der Waals surface area contributed by atoms with E-state index in [1.54, 1.807) is 11.3 Å². The molecule has 1 fully saturated rings. The van der Waals surface area contributed by atoms with E-state index in [2.05, 4.69) is 16.3 Å². The van der Waals surface area contributed by atoms with Crippen molar-refractivity contribution in [3.05, 3.63) is 35.4 Å². The highest BCUT2D eigenvalue weighted by Gasteiger charge is 2.16. The van der Waals surface area contributed by atoms with Gasteiger partial charge in [-0.25, -0.2) is 4.98 Å². The van der Waals surface area contributed by atoms with Crippen LogP contribution in [0.25, 0.3) is 10.2 Å². The molecule has 2 heterocycles. The molecule has 1 aliphatic heterocycles. The van der Waals surface area contributed by atoms with Crippen LogP contribution in [0.4, 0.5) is 5.13 Å². The Hall–Kier alpha value is -1.92. The summed E-state index contributed by atoms with van der Waals surface area (Å²) in [5.74, 6) is 0.00429. The third kappa shape index (κ3) is 4.07. The molecule has 6 heteroatoms. The fourth-order valence-electron chi connectivity index (χ4n) is 3.51. The van der Waals surface area contributed by atoms with Crippen LogP contribution in [0, 0.1) is 0 Å². The normalized spacial score (nSPS) is 18.0. The molecule has 1 aromatic heterocycles. The topological polar surface area (TPSA) is 54.5 Å². The van der Waals surface area contributed by atoms with Gasteiger partial charge in [-0.3, -0.25) is 4.79 Å². The van der Waals surface area contributed by atoms with E-state index in [-0.39, 0.29) is 5.91 Å². The van der Waals surface area contributed by atoms with Gasteiger partial charge in [0.05, 0.1) is 23.4 Å². The number of hydrogen-bond donors (Lipinski definition) is 1. The number of anilines is 1. The molecule has 2 aliphatic rings. The predicted molar refractivity (Wildman–Crippen MR) is 106 cm³/mol. The number of rotatable bonds is 5. The Morgan fingerprint density at radius 3 is 2.96 bits per heavy atom. The zero-order chi connectivity index (χ0) is 17.8. The molecule has 0 saturated carbocycles. The molecule has 1 amide bonds. The summed E-state index contributed by atoms with van der Waals surface area (Å²) in [5.41, 5.74) is 3.16. The molecule has 26 heavy (non-hydrogen) atoms. The first kappa shape index (κ1) is 17.5. The van der Waals surface area contributed by atoms with E-state index in [4.69, 9.17) is 9.72 Å². The monoisotopic (exact) mass is 371 g/mol. The summed E-state index contributed by atoms with van der Waals surface area (Å²) in [6, 6.07) is 5.79. The van der Waals surface area contributed by atoms with Crippen LogP contribution >= 0.6 is 11.3 Å². The number of morpholine rings is 1. The number of carbonyl (C=O) groups excluding carboxylic acids is 1. The molecule has 1 N–H and O–H groups in total. The molecular formula is C20H25N3O2S. The molecule has 1 aromatic carbocycles. The molecule has 2 aromatic rings. The lowest BCUT2D eigenvalue weighted by molar-refractivity contribution is 0.0954. The number of fused-ring (bicyclic) bond motifs is 1. The first-order valence-corrected chi connectivity index (χ1v) is 10.3. The van der Waals surface area contributed by atoms with Gasteiger partial charge in [0.1, 0.15) is 0 Å². The van der Waals surface area contributed by atoms with Crippen molar-refractivity contribution < 1.29 is 9.53 Å². The van der Waals surface area contributed by atoms with Gasteiger partial charge < -0.3 is 15.0 Å². The highest BCUT2D eigenvalue weighted by molar-refractivity contribution is 7.22. The van der Waals surface area contributed by atoms with E-state index < -0.39 is 0 Å². The van der Waals surface area contributed by atoms with Gasteiger partial charge in [0.2, 0.25) is 0 Å². The van der Waals surface area contributed by atoms with Gasteiger partial charge in [-0.2, -0.15) is 0 Å². The zero-order valence-electron chi connectivity index (χ0n) is 15.0. The van der Waals surface area contributed by atoms with Crippen molar-refractivity contribution in [2.45, 2.75) is 32.1 Å². The maximum Gasteiger partial charge on any atom is 0.251 e. The van der Waals surface area contributed by atoms with Gasteiger partial charge in [-0.15, -0.1) is 0 Å². The highest BCUT2D eigenvalue weighted by Crippen LogP contribution is 2.30. The number of benzene rings is 1. The second kappa shape index (κ2) is 8.18. The number of hydrogen-bond acceptors (Lipinski definition) is 5. The van der Waals surface area contributed by atoms with Crippen molar-refractivity contribution in [2.24, 2.45) is 0 Å². The molecule has 0 bridgehead atoms. The number of ether oxygens (including phenoxy) is 1. The number of nitrogens with one attached hydrogen (secondary N) is 1. The quantitative estimate of drug-likeness (QED) is 0.813. The Morgan fingerprint density at radius 1 is 1.27 bits per heavy atom. The van der Waals surface area contributed by atoms with E-state index in [9.17, 15) is 4.79 Å². The first-order chi connectivity index (χ1) is 12.8. The molecule has 4 rings (SSSR count). The van der Waals surface area contributed by atoms with Gasteiger partial charge >= 0.3 is 0 Å². The largest absolute Gasteiger partial charge is 0.378 e. The summed E-state index contributed by atoms with van der Waals surface area (Å²) in [6.07, 6.45) is 8.27. The lowest BCUT2D eigenvalue weighted by Gasteiger charge is -2.25. The third-order valence-corrected chi connectivity index (χ3v) is 6.12. The van der Waals surface area contributed by atoms with Gasteiger partial charge in [-0.1, -0.05) is 23.0 Å². The van der Waals surface area contributed by atoms with Crippen LogP contribution in [-0.2, 0) is 4.74 Å². The zero-order valence-corrected chi connectivity index (χ0v) is 15.8. The van der Waals surface area contributed by atoms with Crippen molar-refractivity contribution in [2.75, 3.05) is 37.7 Å². The van der Waals surface area contributed by atoms with Crippen LogP contribution in [0.2, 0.25) is 0 Å². The van der Waals surface area contributed by atoms with Crippen LogP contribution in [0.5, 0.6) is 0 Å². The molecule has 0 unspecified atom stereocenters. The highest BCUT2D eigenvalue weighted by atomic mass is 32.1. The van der Waals surface area contributed by atoms with E-state index in [0.29, 0.717) is 12.1 Å². The molecule has 1 aliphatic carbocycles. The summed E-state index contributed by atoms with van der Waals surface area (Å²) >= 11 is 1.65. The van der Waals surface area contributed by atoms with Crippen LogP contribution in [0.3, 0.4) is 0 Å². The first-order valence-electron chi connectivity index (χ1n) is 9.49. The van der Waals surface area contributed by atoms with E-state index in [1.165, 1.54) is 31.3 Å². The second-order valence-electron chi connectivity index (χ2n) is 6.89. The van der Waals surface area contributed by atoms with Crippen LogP contribution in [-0.4, -0.2) is 43.7 Å². The number of nitrogens with zero attached hydrogens (tertiary/aromatic N) is 2. The number of allylic oxidation sites excluding steroid dienone is 1. The number of carbonyl (C=O) groups is 1. The lowest BCUT2D eigenvalue weighted by atomic mass is 9.97. The van der Waals surface area contributed by atoms with Crippen molar-refractivity contribution in [1.82, 2.24) is 10.3 Å². The molecule has 0 atom stereocenters. The fraction of sp³-hybridized carbons (Fsp3) is 0.500. The lowest BCUT2D eigenvalue weighted by Crippen LogP contribution is -2.36. The Balaban J connectivity index is 1.39. The third-order valence-electron chi connectivity index (χ3n) is 5.04. The van der Waals surface area contributed by atoms with Crippen molar-refractivity contribution in [3.63, 3.8) is 0 Å². The minimum Gasteiger partial charge on any atom is -0.378 e. The van der Waals surface area contributed by atoms with Crippen LogP contribution in [0.1, 0.15) is 42.5 Å². The minimum absolute atomic E-state index is 0.00429. The molecule has 1 saturated heterocycles. The molecular weight excluding hydrogens is 346 g/mol. The molecule has 0 radical (unpaired) electrons.